The molecule has 2 aromatic rings. The highest BCUT2D eigenvalue weighted by Crippen LogP contribution is 2.19. The first-order valence-electron chi connectivity index (χ1n) is 6.32. The lowest BCUT2D eigenvalue weighted by atomic mass is 10.3. The molecule has 2 rings (SSSR count). The molecule has 1 heterocycles. The minimum atomic E-state index is 0.335. The highest BCUT2D eigenvalue weighted by molar-refractivity contribution is 5.31. The van der Waals surface area contributed by atoms with E-state index in [0.29, 0.717) is 18.9 Å². The summed E-state index contributed by atoms with van der Waals surface area (Å²) in [5, 5.41) is 3.79. The van der Waals surface area contributed by atoms with Gasteiger partial charge in [-0.1, -0.05) is 12.1 Å². The van der Waals surface area contributed by atoms with Crippen LogP contribution in [0.5, 0.6) is 11.5 Å². The first-order valence-corrected chi connectivity index (χ1v) is 6.32. The molecule has 19 heavy (non-hydrogen) atoms. The Hall–Kier alpha value is -2.01. The predicted molar refractivity (Wildman–Crippen MR) is 71.0 cm³/mol. The largest absolute Gasteiger partial charge is 0.494 e. The lowest BCUT2D eigenvalue weighted by Crippen LogP contribution is -1.97. The monoisotopic (exact) mass is 262 g/mol. The van der Waals surface area contributed by atoms with Crippen LogP contribution in [0.1, 0.15) is 24.8 Å². The third-order valence-electron chi connectivity index (χ3n) is 2.49. The summed E-state index contributed by atoms with van der Waals surface area (Å²) in [6.07, 6.45) is 0.993. The van der Waals surface area contributed by atoms with Crippen LogP contribution in [0.3, 0.4) is 0 Å². The predicted octanol–water partition coefficient (Wildman–Crippen LogP) is 2.50. The molecule has 0 saturated heterocycles. The summed E-state index contributed by atoms with van der Waals surface area (Å²) in [6, 6.07) is 9.29. The normalized spacial score (nSPS) is 10.4. The summed E-state index contributed by atoms with van der Waals surface area (Å²) in [4.78, 5) is 0. The summed E-state index contributed by atoms with van der Waals surface area (Å²) in [5.41, 5.74) is 6.17. The zero-order chi connectivity index (χ0) is 13.5. The second-order valence-electron chi connectivity index (χ2n) is 4.10. The summed E-state index contributed by atoms with van der Waals surface area (Å²) < 4.78 is 16.1. The molecule has 0 aliphatic rings. The van der Waals surface area contributed by atoms with Crippen molar-refractivity contribution in [2.75, 3.05) is 6.61 Å². The third kappa shape index (κ3) is 3.99. The van der Waals surface area contributed by atoms with Crippen LogP contribution in [0.4, 0.5) is 0 Å². The standard InChI is InChI=1S/C14H18N2O3/c1-2-7-17-12-3-5-13(6-4-12)18-10-14-8-11(9-15)16-19-14/h3-6,8H,2,7,9-10,15H2,1H3. The van der Waals surface area contributed by atoms with Gasteiger partial charge in [-0.15, -0.1) is 0 Å². The molecule has 0 saturated carbocycles. The average molecular weight is 262 g/mol. The van der Waals surface area contributed by atoms with Gasteiger partial charge in [-0.05, 0) is 30.7 Å². The molecule has 0 radical (unpaired) electrons. The van der Waals surface area contributed by atoms with Crippen molar-refractivity contribution in [1.82, 2.24) is 5.16 Å². The minimum absolute atomic E-state index is 0.335. The summed E-state index contributed by atoms with van der Waals surface area (Å²) in [7, 11) is 0. The Balaban J connectivity index is 1.85. The lowest BCUT2D eigenvalue weighted by molar-refractivity contribution is 0.248. The van der Waals surface area contributed by atoms with Gasteiger partial charge in [0.15, 0.2) is 5.76 Å². The Labute approximate surface area is 112 Å². The van der Waals surface area contributed by atoms with E-state index in [1.807, 2.05) is 24.3 Å². The first kappa shape index (κ1) is 13.4. The molecule has 1 aromatic heterocycles. The fraction of sp³-hybridized carbons (Fsp3) is 0.357. The van der Waals surface area contributed by atoms with Crippen LogP contribution >= 0.6 is 0 Å². The van der Waals surface area contributed by atoms with Gasteiger partial charge in [0.2, 0.25) is 0 Å². The first-order chi connectivity index (χ1) is 9.31. The molecule has 0 atom stereocenters. The Bertz CT molecular complexity index is 494. The Kier molecular flexibility index (Phi) is 4.80. The fourth-order valence-corrected chi connectivity index (χ4v) is 1.53. The average Bonchev–Trinajstić information content (AvgIpc) is 2.92. The molecule has 2 N–H and O–H groups in total. The SMILES string of the molecule is CCCOc1ccc(OCc2cc(CN)no2)cc1. The molecule has 0 fully saturated rings. The number of nitrogens with two attached hydrogens (primary N) is 1. The van der Waals surface area contributed by atoms with Crippen molar-refractivity contribution < 1.29 is 14.0 Å². The van der Waals surface area contributed by atoms with Crippen molar-refractivity contribution >= 4 is 0 Å². The summed E-state index contributed by atoms with van der Waals surface area (Å²) in [5.74, 6) is 2.26. The second kappa shape index (κ2) is 6.80. The van der Waals surface area contributed by atoms with E-state index >= 15 is 0 Å². The molecule has 0 bridgehead atoms. The van der Waals surface area contributed by atoms with Crippen molar-refractivity contribution in [3.05, 3.63) is 41.8 Å². The van der Waals surface area contributed by atoms with Crippen LogP contribution in [0.25, 0.3) is 0 Å². The van der Waals surface area contributed by atoms with Gasteiger partial charge < -0.3 is 19.7 Å². The van der Waals surface area contributed by atoms with E-state index in [1.54, 1.807) is 6.07 Å². The van der Waals surface area contributed by atoms with Crippen molar-refractivity contribution in [1.29, 1.82) is 0 Å². The number of benzene rings is 1. The zero-order valence-electron chi connectivity index (χ0n) is 11.0. The van der Waals surface area contributed by atoms with Gasteiger partial charge in [0, 0.05) is 12.6 Å². The summed E-state index contributed by atoms with van der Waals surface area (Å²) in [6.45, 7) is 3.50. The highest BCUT2D eigenvalue weighted by atomic mass is 16.5. The van der Waals surface area contributed by atoms with Gasteiger partial charge in [0.1, 0.15) is 18.1 Å². The molecule has 102 valence electrons. The van der Waals surface area contributed by atoms with Crippen molar-refractivity contribution in [2.24, 2.45) is 5.73 Å². The molecule has 5 heteroatoms. The molecule has 0 spiro atoms. The van der Waals surface area contributed by atoms with Gasteiger partial charge in [0.25, 0.3) is 0 Å². The molecular formula is C14H18N2O3. The van der Waals surface area contributed by atoms with Gasteiger partial charge in [-0.2, -0.15) is 0 Å². The Morgan fingerprint density at radius 1 is 1.16 bits per heavy atom. The van der Waals surface area contributed by atoms with Crippen molar-refractivity contribution in [3.63, 3.8) is 0 Å². The number of hydrogen-bond donors (Lipinski definition) is 1. The molecule has 0 amide bonds. The maximum atomic E-state index is 5.58. The van der Waals surface area contributed by atoms with Crippen LogP contribution in [0.2, 0.25) is 0 Å². The summed E-state index contributed by atoms with van der Waals surface area (Å²) >= 11 is 0. The molecule has 0 unspecified atom stereocenters. The van der Waals surface area contributed by atoms with Crippen LogP contribution in [0.15, 0.2) is 34.9 Å². The third-order valence-corrected chi connectivity index (χ3v) is 2.49. The number of aromatic nitrogens is 1. The molecule has 0 aliphatic heterocycles. The zero-order valence-corrected chi connectivity index (χ0v) is 11.0. The Morgan fingerprint density at radius 2 is 1.84 bits per heavy atom. The maximum absolute atomic E-state index is 5.58. The van der Waals surface area contributed by atoms with E-state index in [-0.39, 0.29) is 0 Å². The van der Waals surface area contributed by atoms with Crippen molar-refractivity contribution in [3.8, 4) is 11.5 Å². The Morgan fingerprint density at radius 3 is 2.42 bits per heavy atom. The van der Waals surface area contributed by atoms with Crippen LogP contribution in [0, 0.1) is 0 Å². The van der Waals surface area contributed by atoms with E-state index in [0.717, 1.165) is 30.2 Å². The van der Waals surface area contributed by atoms with Crippen molar-refractivity contribution in [2.45, 2.75) is 26.5 Å². The van der Waals surface area contributed by atoms with Crippen LogP contribution < -0.4 is 15.2 Å². The maximum Gasteiger partial charge on any atom is 0.174 e. The van der Waals surface area contributed by atoms with Crippen LogP contribution in [-0.2, 0) is 13.2 Å². The molecule has 1 aromatic carbocycles. The molecular weight excluding hydrogens is 244 g/mol. The highest BCUT2D eigenvalue weighted by Gasteiger charge is 2.03. The van der Waals surface area contributed by atoms with E-state index in [2.05, 4.69) is 12.1 Å². The van der Waals surface area contributed by atoms with Gasteiger partial charge in [0.05, 0.1) is 12.3 Å². The lowest BCUT2D eigenvalue weighted by Gasteiger charge is -2.06. The molecule has 0 aliphatic carbocycles. The van der Waals surface area contributed by atoms with E-state index in [1.165, 1.54) is 0 Å². The molecule has 5 nitrogen and oxygen atoms in total. The number of rotatable bonds is 7. The van der Waals surface area contributed by atoms with Gasteiger partial charge in [-0.25, -0.2) is 0 Å². The number of nitrogens with zero attached hydrogens (tertiary/aromatic N) is 1. The quantitative estimate of drug-likeness (QED) is 0.830. The minimum Gasteiger partial charge on any atom is -0.494 e. The smallest absolute Gasteiger partial charge is 0.174 e. The van der Waals surface area contributed by atoms with E-state index in [9.17, 15) is 0 Å². The van der Waals surface area contributed by atoms with Gasteiger partial charge in [-0.3, -0.25) is 0 Å². The number of hydrogen-bond acceptors (Lipinski definition) is 5. The van der Waals surface area contributed by atoms with E-state index < -0.39 is 0 Å². The topological polar surface area (TPSA) is 70.5 Å². The van der Waals surface area contributed by atoms with Crippen LogP contribution in [-0.4, -0.2) is 11.8 Å². The second-order valence-corrected chi connectivity index (χ2v) is 4.10. The fourth-order valence-electron chi connectivity index (χ4n) is 1.53. The van der Waals surface area contributed by atoms with Gasteiger partial charge >= 0.3 is 0 Å². The number of ether oxygens (including phenoxy) is 2. The van der Waals surface area contributed by atoms with E-state index in [4.69, 9.17) is 19.7 Å².